The molecule has 2 N–H and O–H groups in total. The molecule has 0 unspecified atom stereocenters. The van der Waals surface area contributed by atoms with Crippen LogP contribution in [0.4, 0.5) is 0 Å². The van der Waals surface area contributed by atoms with Crippen molar-refractivity contribution in [2.45, 2.75) is 31.3 Å². The van der Waals surface area contributed by atoms with Crippen molar-refractivity contribution in [1.29, 1.82) is 0 Å². The zero-order chi connectivity index (χ0) is 16.0. The number of hydrogen-bond acceptors (Lipinski definition) is 4. The maximum absolute atomic E-state index is 12.3. The van der Waals surface area contributed by atoms with Gasteiger partial charge in [0.1, 0.15) is 0 Å². The molecule has 21 heavy (non-hydrogen) atoms. The molecule has 0 bridgehead atoms. The number of sulfonamides is 1. The number of amides is 1. The van der Waals surface area contributed by atoms with Gasteiger partial charge in [-0.15, -0.1) is 0 Å². The van der Waals surface area contributed by atoms with E-state index < -0.39 is 10.0 Å². The van der Waals surface area contributed by atoms with E-state index in [1.165, 1.54) is 4.31 Å². The van der Waals surface area contributed by atoms with E-state index in [1.54, 1.807) is 38.4 Å². The summed E-state index contributed by atoms with van der Waals surface area (Å²) in [6.07, 6.45) is 0. The van der Waals surface area contributed by atoms with E-state index >= 15 is 0 Å². The van der Waals surface area contributed by atoms with Gasteiger partial charge in [-0.1, -0.05) is 12.1 Å². The van der Waals surface area contributed by atoms with Gasteiger partial charge in [-0.2, -0.15) is 4.31 Å². The molecule has 0 aliphatic heterocycles. The molecule has 1 aromatic carbocycles. The topological polar surface area (TPSA) is 78.5 Å². The molecule has 0 heterocycles. The van der Waals surface area contributed by atoms with Gasteiger partial charge in [0, 0.05) is 19.6 Å². The minimum atomic E-state index is -3.46. The minimum Gasteiger partial charge on any atom is -0.351 e. The standard InChI is InChI=1S/C14H23N3O3S/c1-11(2)17(4)21(19,20)13-7-5-12(6-8-13)9-16-14(18)10-15-3/h5-8,11,15H,9-10H2,1-4H3,(H,16,18). The van der Waals surface area contributed by atoms with Crippen LogP contribution in [0.1, 0.15) is 19.4 Å². The van der Waals surface area contributed by atoms with Crippen molar-refractivity contribution in [1.82, 2.24) is 14.9 Å². The Kier molecular flexibility index (Phi) is 6.32. The van der Waals surface area contributed by atoms with Crippen LogP contribution in [0.3, 0.4) is 0 Å². The summed E-state index contributed by atoms with van der Waals surface area (Å²) in [6, 6.07) is 6.44. The summed E-state index contributed by atoms with van der Waals surface area (Å²) in [4.78, 5) is 11.6. The fourth-order valence-corrected chi connectivity index (χ4v) is 3.01. The first-order chi connectivity index (χ1) is 9.78. The van der Waals surface area contributed by atoms with Crippen molar-refractivity contribution >= 4 is 15.9 Å². The molecule has 0 spiro atoms. The van der Waals surface area contributed by atoms with E-state index in [0.29, 0.717) is 6.54 Å². The second-order valence-electron chi connectivity index (χ2n) is 5.07. The van der Waals surface area contributed by atoms with Crippen LogP contribution in [0.5, 0.6) is 0 Å². The summed E-state index contributed by atoms with van der Waals surface area (Å²) in [5.74, 6) is -0.103. The number of carbonyl (C=O) groups is 1. The second kappa shape index (κ2) is 7.53. The van der Waals surface area contributed by atoms with Crippen molar-refractivity contribution in [3.05, 3.63) is 29.8 Å². The summed E-state index contributed by atoms with van der Waals surface area (Å²) in [5.41, 5.74) is 0.852. The van der Waals surface area contributed by atoms with E-state index in [-0.39, 0.29) is 23.4 Å². The van der Waals surface area contributed by atoms with Crippen molar-refractivity contribution < 1.29 is 13.2 Å². The van der Waals surface area contributed by atoms with Crippen molar-refractivity contribution in [2.75, 3.05) is 20.6 Å². The number of benzene rings is 1. The molecule has 0 aliphatic rings. The lowest BCUT2D eigenvalue weighted by Gasteiger charge is -2.21. The Morgan fingerprint density at radius 1 is 1.24 bits per heavy atom. The molecular formula is C14H23N3O3S. The van der Waals surface area contributed by atoms with Crippen LogP contribution < -0.4 is 10.6 Å². The van der Waals surface area contributed by atoms with Gasteiger partial charge < -0.3 is 10.6 Å². The molecule has 1 amide bonds. The first-order valence-electron chi connectivity index (χ1n) is 6.77. The number of carbonyl (C=O) groups excluding carboxylic acids is 1. The van der Waals surface area contributed by atoms with Gasteiger partial charge in [0.2, 0.25) is 15.9 Å². The first kappa shape index (κ1) is 17.6. The fourth-order valence-electron chi connectivity index (χ4n) is 1.65. The Balaban J connectivity index is 2.76. The lowest BCUT2D eigenvalue weighted by Crippen LogP contribution is -2.33. The van der Waals surface area contributed by atoms with Gasteiger partial charge >= 0.3 is 0 Å². The minimum absolute atomic E-state index is 0.101. The number of likely N-dealkylation sites (N-methyl/N-ethyl adjacent to an activating group) is 1. The maximum Gasteiger partial charge on any atom is 0.243 e. The molecule has 0 aliphatic carbocycles. The molecule has 1 rings (SSSR count). The Bertz CT molecular complexity index is 568. The van der Waals surface area contributed by atoms with Crippen LogP contribution in [0.15, 0.2) is 29.2 Å². The predicted molar refractivity (Wildman–Crippen MR) is 82.3 cm³/mol. The molecule has 0 radical (unpaired) electrons. The third-order valence-electron chi connectivity index (χ3n) is 3.15. The lowest BCUT2D eigenvalue weighted by molar-refractivity contribution is -0.120. The highest BCUT2D eigenvalue weighted by atomic mass is 32.2. The molecule has 118 valence electrons. The predicted octanol–water partition coefficient (Wildman–Crippen LogP) is 0.551. The van der Waals surface area contributed by atoms with E-state index in [0.717, 1.165) is 5.56 Å². The Labute approximate surface area is 126 Å². The Morgan fingerprint density at radius 2 is 1.81 bits per heavy atom. The summed E-state index contributed by atoms with van der Waals surface area (Å²) >= 11 is 0. The monoisotopic (exact) mass is 313 g/mol. The average molecular weight is 313 g/mol. The van der Waals surface area contributed by atoms with E-state index in [1.807, 2.05) is 13.8 Å². The summed E-state index contributed by atoms with van der Waals surface area (Å²) in [7, 11) is -0.199. The van der Waals surface area contributed by atoms with Gasteiger partial charge in [0.15, 0.2) is 0 Å². The molecule has 0 aromatic heterocycles. The van der Waals surface area contributed by atoms with E-state index in [9.17, 15) is 13.2 Å². The third kappa shape index (κ3) is 4.80. The largest absolute Gasteiger partial charge is 0.351 e. The van der Waals surface area contributed by atoms with Gasteiger partial charge in [0.25, 0.3) is 0 Å². The van der Waals surface area contributed by atoms with E-state index in [2.05, 4.69) is 10.6 Å². The molecule has 0 saturated carbocycles. The van der Waals surface area contributed by atoms with Gasteiger partial charge in [0.05, 0.1) is 11.4 Å². The maximum atomic E-state index is 12.3. The van der Waals surface area contributed by atoms with E-state index in [4.69, 9.17) is 0 Å². The highest BCUT2D eigenvalue weighted by molar-refractivity contribution is 7.89. The molecule has 0 atom stereocenters. The Morgan fingerprint density at radius 3 is 2.29 bits per heavy atom. The van der Waals surface area contributed by atoms with Crippen LogP contribution in [-0.2, 0) is 21.4 Å². The number of hydrogen-bond donors (Lipinski definition) is 2. The highest BCUT2D eigenvalue weighted by Gasteiger charge is 2.22. The zero-order valence-electron chi connectivity index (χ0n) is 12.9. The lowest BCUT2D eigenvalue weighted by atomic mass is 10.2. The summed E-state index contributed by atoms with van der Waals surface area (Å²) in [6.45, 7) is 4.28. The van der Waals surface area contributed by atoms with Crippen LogP contribution >= 0.6 is 0 Å². The highest BCUT2D eigenvalue weighted by Crippen LogP contribution is 2.17. The van der Waals surface area contributed by atoms with Crippen LogP contribution in [0.2, 0.25) is 0 Å². The molecule has 7 heteroatoms. The molecule has 6 nitrogen and oxygen atoms in total. The normalized spacial score (nSPS) is 11.9. The SMILES string of the molecule is CNCC(=O)NCc1ccc(S(=O)(=O)N(C)C(C)C)cc1. The van der Waals surface area contributed by atoms with Crippen LogP contribution in [-0.4, -0.2) is 45.3 Å². The molecule has 0 saturated heterocycles. The number of rotatable bonds is 7. The number of nitrogens with zero attached hydrogens (tertiary/aromatic N) is 1. The fraction of sp³-hybridized carbons (Fsp3) is 0.500. The smallest absolute Gasteiger partial charge is 0.243 e. The average Bonchev–Trinajstić information content (AvgIpc) is 2.45. The molecular weight excluding hydrogens is 290 g/mol. The van der Waals surface area contributed by atoms with Crippen molar-refractivity contribution in [3.8, 4) is 0 Å². The quantitative estimate of drug-likeness (QED) is 0.770. The van der Waals surface area contributed by atoms with Crippen molar-refractivity contribution in [3.63, 3.8) is 0 Å². The van der Waals surface area contributed by atoms with Gasteiger partial charge in [-0.3, -0.25) is 4.79 Å². The van der Waals surface area contributed by atoms with Gasteiger partial charge in [-0.25, -0.2) is 8.42 Å². The molecule has 0 fully saturated rings. The Hall–Kier alpha value is -1.44. The molecule has 1 aromatic rings. The second-order valence-corrected chi connectivity index (χ2v) is 7.06. The first-order valence-corrected chi connectivity index (χ1v) is 8.21. The van der Waals surface area contributed by atoms with Gasteiger partial charge in [-0.05, 0) is 38.6 Å². The summed E-state index contributed by atoms with van der Waals surface area (Å²) in [5, 5.41) is 5.50. The van der Waals surface area contributed by atoms with Crippen molar-refractivity contribution in [2.24, 2.45) is 0 Å². The third-order valence-corrected chi connectivity index (χ3v) is 5.20. The van der Waals surface area contributed by atoms with Crippen LogP contribution in [0, 0.1) is 0 Å². The number of nitrogens with one attached hydrogen (secondary N) is 2. The summed E-state index contributed by atoms with van der Waals surface area (Å²) < 4.78 is 25.9. The van der Waals surface area contributed by atoms with Crippen LogP contribution in [0.25, 0.3) is 0 Å². The zero-order valence-corrected chi connectivity index (χ0v) is 13.7.